The third-order valence-electron chi connectivity index (χ3n) is 1.75. The van der Waals surface area contributed by atoms with Gasteiger partial charge in [-0.15, -0.1) is 11.3 Å². The number of thiazole rings is 1. The van der Waals surface area contributed by atoms with Crippen LogP contribution < -0.4 is 10.2 Å². The molecule has 74 valence electrons. The van der Waals surface area contributed by atoms with Crippen LogP contribution in [0.4, 0.5) is 5.13 Å². The van der Waals surface area contributed by atoms with Crippen LogP contribution in [-0.2, 0) is 0 Å². The van der Waals surface area contributed by atoms with Crippen molar-refractivity contribution in [3.05, 3.63) is 11.6 Å². The maximum atomic E-state index is 4.23. The Kier molecular flexibility index (Phi) is 4.18. The van der Waals surface area contributed by atoms with Crippen LogP contribution in [0.15, 0.2) is 11.6 Å². The largest absolute Gasteiger partial charge is 0.350 e. The van der Waals surface area contributed by atoms with Gasteiger partial charge in [0.2, 0.25) is 0 Å². The fraction of sp³-hybridized carbons (Fsp3) is 0.667. The second kappa shape index (κ2) is 5.19. The minimum absolute atomic E-state index is 0.560. The molecule has 1 aromatic rings. The van der Waals surface area contributed by atoms with E-state index in [0.29, 0.717) is 6.04 Å². The quantitative estimate of drug-likeness (QED) is 0.780. The zero-order valence-corrected chi connectivity index (χ0v) is 9.27. The van der Waals surface area contributed by atoms with Gasteiger partial charge in [0.25, 0.3) is 0 Å². The first-order chi connectivity index (χ1) is 6.20. The number of hydrogen-bond donors (Lipinski definition) is 1. The number of anilines is 1. The molecule has 1 aromatic heterocycles. The number of hydrogen-bond acceptors (Lipinski definition) is 4. The van der Waals surface area contributed by atoms with Gasteiger partial charge in [0.1, 0.15) is 0 Å². The minimum atomic E-state index is 0.560. The smallest absolute Gasteiger partial charge is 0.185 e. The zero-order chi connectivity index (χ0) is 9.68. The fourth-order valence-electron chi connectivity index (χ4n) is 1.02. The monoisotopic (exact) mass is 199 g/mol. The van der Waals surface area contributed by atoms with E-state index in [9.17, 15) is 0 Å². The molecule has 13 heavy (non-hydrogen) atoms. The molecule has 4 heteroatoms. The average Bonchev–Trinajstić information content (AvgIpc) is 2.55. The second-order valence-corrected chi connectivity index (χ2v) is 4.22. The van der Waals surface area contributed by atoms with Crippen LogP contribution in [0.1, 0.15) is 13.8 Å². The molecule has 0 bridgehead atoms. The van der Waals surface area contributed by atoms with E-state index in [1.165, 1.54) is 0 Å². The van der Waals surface area contributed by atoms with Crippen molar-refractivity contribution < 1.29 is 0 Å². The van der Waals surface area contributed by atoms with E-state index >= 15 is 0 Å². The maximum Gasteiger partial charge on any atom is 0.185 e. The minimum Gasteiger partial charge on any atom is -0.350 e. The van der Waals surface area contributed by atoms with Gasteiger partial charge in [-0.3, -0.25) is 0 Å². The molecule has 0 saturated heterocycles. The summed E-state index contributed by atoms with van der Waals surface area (Å²) in [4.78, 5) is 6.40. The number of nitrogens with zero attached hydrogens (tertiary/aromatic N) is 2. The normalized spacial score (nSPS) is 10.8. The van der Waals surface area contributed by atoms with Gasteiger partial charge in [-0.2, -0.15) is 0 Å². The summed E-state index contributed by atoms with van der Waals surface area (Å²) in [6.45, 7) is 6.33. The maximum absolute atomic E-state index is 4.23. The van der Waals surface area contributed by atoms with Crippen LogP contribution in [0.5, 0.6) is 0 Å². The van der Waals surface area contributed by atoms with Gasteiger partial charge in [-0.25, -0.2) is 4.98 Å². The van der Waals surface area contributed by atoms with Crippen molar-refractivity contribution in [2.24, 2.45) is 0 Å². The van der Waals surface area contributed by atoms with Gasteiger partial charge in [0.15, 0.2) is 5.13 Å². The highest BCUT2D eigenvalue weighted by molar-refractivity contribution is 7.13. The van der Waals surface area contributed by atoms with Crippen molar-refractivity contribution in [2.75, 3.05) is 25.0 Å². The molecule has 1 N–H and O–H groups in total. The predicted molar refractivity (Wildman–Crippen MR) is 58.5 cm³/mol. The number of aromatic nitrogens is 1. The Morgan fingerprint density at radius 1 is 1.62 bits per heavy atom. The van der Waals surface area contributed by atoms with Gasteiger partial charge in [0, 0.05) is 37.8 Å². The lowest BCUT2D eigenvalue weighted by Gasteiger charge is -2.16. The van der Waals surface area contributed by atoms with Crippen LogP contribution in [0.2, 0.25) is 0 Å². The number of nitrogens with one attached hydrogen (secondary N) is 1. The molecule has 0 spiro atoms. The molecule has 3 nitrogen and oxygen atoms in total. The van der Waals surface area contributed by atoms with Crippen molar-refractivity contribution in [3.63, 3.8) is 0 Å². The molecule has 0 fully saturated rings. The van der Waals surface area contributed by atoms with E-state index in [-0.39, 0.29) is 0 Å². The highest BCUT2D eigenvalue weighted by atomic mass is 32.1. The predicted octanol–water partition coefficient (Wildman–Crippen LogP) is 1.58. The zero-order valence-electron chi connectivity index (χ0n) is 8.45. The van der Waals surface area contributed by atoms with Gasteiger partial charge in [0.05, 0.1) is 0 Å². The van der Waals surface area contributed by atoms with Gasteiger partial charge >= 0.3 is 0 Å². The first kappa shape index (κ1) is 10.5. The van der Waals surface area contributed by atoms with Crippen LogP contribution in [0, 0.1) is 0 Å². The lowest BCUT2D eigenvalue weighted by atomic mass is 10.4. The summed E-state index contributed by atoms with van der Waals surface area (Å²) in [6.07, 6.45) is 1.84. The summed E-state index contributed by atoms with van der Waals surface area (Å²) in [5.41, 5.74) is 0. The van der Waals surface area contributed by atoms with Gasteiger partial charge < -0.3 is 10.2 Å². The Balaban J connectivity index is 2.22. The van der Waals surface area contributed by atoms with E-state index < -0.39 is 0 Å². The molecule has 0 aromatic carbocycles. The second-order valence-electron chi connectivity index (χ2n) is 3.35. The van der Waals surface area contributed by atoms with Crippen molar-refractivity contribution >= 4 is 16.5 Å². The third kappa shape index (κ3) is 3.74. The first-order valence-electron chi connectivity index (χ1n) is 4.54. The topological polar surface area (TPSA) is 28.2 Å². The number of rotatable bonds is 5. The van der Waals surface area contributed by atoms with E-state index in [4.69, 9.17) is 0 Å². The fourth-order valence-corrected chi connectivity index (χ4v) is 1.66. The lowest BCUT2D eigenvalue weighted by Crippen LogP contribution is -2.32. The molecule has 0 amide bonds. The highest BCUT2D eigenvalue weighted by Gasteiger charge is 2.02. The highest BCUT2D eigenvalue weighted by Crippen LogP contribution is 2.14. The molecule has 0 aliphatic carbocycles. The van der Waals surface area contributed by atoms with Crippen LogP contribution >= 0.6 is 11.3 Å². The molecule has 1 rings (SSSR count). The SMILES string of the molecule is CC(C)NCCN(C)c1nccs1. The van der Waals surface area contributed by atoms with Crippen molar-refractivity contribution in [2.45, 2.75) is 19.9 Å². The Hall–Kier alpha value is -0.610. The van der Waals surface area contributed by atoms with Crippen LogP contribution in [-0.4, -0.2) is 31.2 Å². The van der Waals surface area contributed by atoms with E-state index in [0.717, 1.165) is 18.2 Å². The van der Waals surface area contributed by atoms with E-state index in [2.05, 4.69) is 36.1 Å². The van der Waals surface area contributed by atoms with Gasteiger partial charge in [-0.05, 0) is 0 Å². The van der Waals surface area contributed by atoms with E-state index in [1.54, 1.807) is 11.3 Å². The van der Waals surface area contributed by atoms with Crippen LogP contribution in [0.3, 0.4) is 0 Å². The molecule has 0 aliphatic rings. The summed E-state index contributed by atoms with van der Waals surface area (Å²) in [7, 11) is 2.07. The summed E-state index contributed by atoms with van der Waals surface area (Å²) in [5.74, 6) is 0. The standard InChI is InChI=1S/C9H17N3S/c1-8(2)10-4-6-12(3)9-11-5-7-13-9/h5,7-8,10H,4,6H2,1-3H3. The molecule has 0 radical (unpaired) electrons. The summed E-state index contributed by atoms with van der Waals surface area (Å²) in [5, 5.41) is 6.46. The average molecular weight is 199 g/mol. The molecule has 1 heterocycles. The summed E-state index contributed by atoms with van der Waals surface area (Å²) in [6, 6.07) is 0.560. The Morgan fingerprint density at radius 2 is 2.38 bits per heavy atom. The Morgan fingerprint density at radius 3 is 2.92 bits per heavy atom. The molecular weight excluding hydrogens is 182 g/mol. The Bertz CT molecular complexity index is 221. The van der Waals surface area contributed by atoms with E-state index in [1.807, 2.05) is 11.6 Å². The van der Waals surface area contributed by atoms with Crippen molar-refractivity contribution in [1.82, 2.24) is 10.3 Å². The first-order valence-corrected chi connectivity index (χ1v) is 5.42. The Labute approximate surface area is 83.8 Å². The number of likely N-dealkylation sites (N-methyl/N-ethyl adjacent to an activating group) is 1. The van der Waals surface area contributed by atoms with Crippen molar-refractivity contribution in [1.29, 1.82) is 0 Å². The molecule has 0 unspecified atom stereocenters. The summed E-state index contributed by atoms with van der Waals surface area (Å²) < 4.78 is 0. The third-order valence-corrected chi connectivity index (χ3v) is 2.63. The molecular formula is C9H17N3S. The van der Waals surface area contributed by atoms with Gasteiger partial charge in [-0.1, -0.05) is 13.8 Å². The van der Waals surface area contributed by atoms with Crippen LogP contribution in [0.25, 0.3) is 0 Å². The van der Waals surface area contributed by atoms with Crippen molar-refractivity contribution in [3.8, 4) is 0 Å². The molecule has 0 atom stereocenters. The molecule has 0 saturated carbocycles. The molecule has 0 aliphatic heterocycles. The lowest BCUT2D eigenvalue weighted by molar-refractivity contribution is 0.589. The summed E-state index contributed by atoms with van der Waals surface area (Å²) >= 11 is 1.68.